The van der Waals surface area contributed by atoms with Gasteiger partial charge in [0.15, 0.2) is 0 Å². The van der Waals surface area contributed by atoms with Crippen molar-refractivity contribution in [1.82, 2.24) is 9.71 Å². The zero-order valence-corrected chi connectivity index (χ0v) is 19.0. The van der Waals surface area contributed by atoms with Gasteiger partial charge in [0.2, 0.25) is 5.91 Å². The highest BCUT2D eigenvalue weighted by molar-refractivity contribution is 7.99. The minimum atomic E-state index is -1.08. The molecule has 0 saturated heterocycles. The molecule has 0 aliphatic rings. The van der Waals surface area contributed by atoms with Gasteiger partial charge in [-0.15, -0.1) is 11.3 Å². The highest BCUT2D eigenvalue weighted by atomic mass is 32.2. The number of aliphatic hydroxyl groups excluding tert-OH is 1. The predicted molar refractivity (Wildman–Crippen MR) is 116 cm³/mol. The van der Waals surface area contributed by atoms with Crippen molar-refractivity contribution in [2.75, 3.05) is 0 Å². The standard InChI is InChI=1S/C21H30N2O3S2/c1-12(2)14-8-7-9-15(13(3)4)16(14)10-18(25)23-28-19-17(11-24)22-20(27-19)21(5,6)26/h7-9,12-13,24,26H,10-11H2,1-6H3,(H,23,25). The van der Waals surface area contributed by atoms with Crippen LogP contribution in [0.3, 0.4) is 0 Å². The molecule has 0 aliphatic carbocycles. The van der Waals surface area contributed by atoms with Gasteiger partial charge in [0.1, 0.15) is 14.8 Å². The molecule has 5 nitrogen and oxygen atoms in total. The van der Waals surface area contributed by atoms with Gasteiger partial charge in [-0.3, -0.25) is 9.52 Å². The van der Waals surface area contributed by atoms with Crippen molar-refractivity contribution >= 4 is 29.2 Å². The summed E-state index contributed by atoms with van der Waals surface area (Å²) < 4.78 is 3.56. The molecule has 3 N–H and O–H groups in total. The van der Waals surface area contributed by atoms with Crippen LogP contribution in [0.1, 0.15) is 80.8 Å². The molecule has 0 spiro atoms. The minimum Gasteiger partial charge on any atom is -0.390 e. The van der Waals surface area contributed by atoms with Crippen molar-refractivity contribution in [3.63, 3.8) is 0 Å². The van der Waals surface area contributed by atoms with Crippen LogP contribution in [0.5, 0.6) is 0 Å². The summed E-state index contributed by atoms with van der Waals surface area (Å²) in [7, 11) is 0. The van der Waals surface area contributed by atoms with E-state index in [2.05, 4.69) is 55.6 Å². The monoisotopic (exact) mass is 422 g/mol. The molecule has 1 amide bonds. The van der Waals surface area contributed by atoms with E-state index in [9.17, 15) is 15.0 Å². The van der Waals surface area contributed by atoms with Gasteiger partial charge >= 0.3 is 0 Å². The van der Waals surface area contributed by atoms with Gasteiger partial charge in [-0.2, -0.15) is 0 Å². The van der Waals surface area contributed by atoms with Crippen molar-refractivity contribution in [2.24, 2.45) is 0 Å². The first-order valence-electron chi connectivity index (χ1n) is 9.45. The Hall–Kier alpha value is -1.41. The molecule has 0 atom stereocenters. The van der Waals surface area contributed by atoms with Crippen LogP contribution < -0.4 is 4.72 Å². The number of nitrogens with one attached hydrogen (secondary N) is 1. The number of amides is 1. The molecule has 2 rings (SSSR count). The van der Waals surface area contributed by atoms with Crippen molar-refractivity contribution in [1.29, 1.82) is 0 Å². The number of rotatable bonds is 8. The number of carbonyl (C=O) groups is 1. The summed E-state index contributed by atoms with van der Waals surface area (Å²) in [5.41, 5.74) is 2.88. The maximum absolute atomic E-state index is 12.7. The van der Waals surface area contributed by atoms with Gasteiger partial charge in [0, 0.05) is 11.9 Å². The third-order valence-corrected chi connectivity index (χ3v) is 6.88. The van der Waals surface area contributed by atoms with Crippen LogP contribution in [-0.2, 0) is 23.4 Å². The smallest absolute Gasteiger partial charge is 0.234 e. The third kappa shape index (κ3) is 5.56. The Morgan fingerprint density at radius 2 is 1.79 bits per heavy atom. The quantitative estimate of drug-likeness (QED) is 0.547. The van der Waals surface area contributed by atoms with Gasteiger partial charge in [-0.25, -0.2) is 4.98 Å². The van der Waals surface area contributed by atoms with E-state index < -0.39 is 5.60 Å². The van der Waals surface area contributed by atoms with Gasteiger partial charge in [-0.1, -0.05) is 45.9 Å². The predicted octanol–water partition coefficient (Wildman–Crippen LogP) is 4.48. The van der Waals surface area contributed by atoms with E-state index in [0.717, 1.165) is 17.5 Å². The summed E-state index contributed by atoms with van der Waals surface area (Å²) in [6.45, 7) is 11.6. The van der Waals surface area contributed by atoms with Gasteiger partial charge in [0.05, 0.1) is 18.7 Å². The summed E-state index contributed by atoms with van der Waals surface area (Å²) in [6, 6.07) is 6.24. The van der Waals surface area contributed by atoms with Crippen LogP contribution in [0.4, 0.5) is 0 Å². The fourth-order valence-electron chi connectivity index (χ4n) is 2.99. The molecule has 1 heterocycles. The minimum absolute atomic E-state index is 0.0953. The molecular formula is C21H30N2O3S2. The van der Waals surface area contributed by atoms with Gasteiger partial charge in [0.25, 0.3) is 0 Å². The second-order valence-corrected chi connectivity index (χ2v) is 10.1. The van der Waals surface area contributed by atoms with Gasteiger partial charge < -0.3 is 10.2 Å². The van der Waals surface area contributed by atoms with E-state index in [-0.39, 0.29) is 12.5 Å². The Bertz CT molecular complexity index is 797. The first-order chi connectivity index (χ1) is 13.0. The molecule has 2 aromatic rings. The van der Waals surface area contributed by atoms with E-state index in [0.29, 0.717) is 33.2 Å². The van der Waals surface area contributed by atoms with Crippen molar-refractivity contribution < 1.29 is 15.0 Å². The average Bonchev–Trinajstić information content (AvgIpc) is 3.03. The maximum atomic E-state index is 12.7. The lowest BCUT2D eigenvalue weighted by Crippen LogP contribution is -2.20. The van der Waals surface area contributed by atoms with E-state index in [1.807, 2.05) is 0 Å². The molecule has 1 aromatic carbocycles. The number of thiazole rings is 1. The Balaban J connectivity index is 2.17. The number of hydrogen-bond acceptors (Lipinski definition) is 6. The molecule has 0 bridgehead atoms. The van der Waals surface area contributed by atoms with E-state index >= 15 is 0 Å². The maximum Gasteiger partial charge on any atom is 0.234 e. The summed E-state index contributed by atoms with van der Waals surface area (Å²) in [5, 5.41) is 20.2. The summed E-state index contributed by atoms with van der Waals surface area (Å²) in [5.74, 6) is 0.582. The Kier molecular flexibility index (Phi) is 7.67. The number of hydrogen-bond donors (Lipinski definition) is 3. The largest absolute Gasteiger partial charge is 0.390 e. The molecule has 0 aliphatic heterocycles. The fraction of sp³-hybridized carbons (Fsp3) is 0.524. The first kappa shape index (κ1) is 22.9. The Morgan fingerprint density at radius 1 is 1.21 bits per heavy atom. The van der Waals surface area contributed by atoms with E-state index in [1.165, 1.54) is 22.5 Å². The zero-order chi connectivity index (χ0) is 21.1. The molecule has 7 heteroatoms. The van der Waals surface area contributed by atoms with Crippen LogP contribution in [0.2, 0.25) is 0 Å². The average molecular weight is 423 g/mol. The fourth-order valence-corrected chi connectivity index (χ4v) is 4.83. The summed E-state index contributed by atoms with van der Waals surface area (Å²) in [4.78, 5) is 17.0. The lowest BCUT2D eigenvalue weighted by atomic mass is 9.87. The molecular weight excluding hydrogens is 392 g/mol. The molecule has 154 valence electrons. The van der Waals surface area contributed by atoms with Crippen LogP contribution in [0.15, 0.2) is 22.4 Å². The Labute approximate surface area is 175 Å². The SMILES string of the molecule is CC(C)c1cccc(C(C)C)c1CC(=O)NSc1sc(C(C)(C)O)nc1CO. The van der Waals surface area contributed by atoms with Crippen LogP contribution in [-0.4, -0.2) is 21.1 Å². The van der Waals surface area contributed by atoms with Crippen molar-refractivity contribution in [3.05, 3.63) is 45.6 Å². The van der Waals surface area contributed by atoms with E-state index in [1.54, 1.807) is 13.8 Å². The molecule has 28 heavy (non-hydrogen) atoms. The normalized spacial score (nSPS) is 12.1. The number of aliphatic hydroxyl groups is 2. The first-order valence-corrected chi connectivity index (χ1v) is 11.1. The third-order valence-electron chi connectivity index (χ3n) is 4.42. The van der Waals surface area contributed by atoms with Crippen LogP contribution in [0, 0.1) is 0 Å². The lowest BCUT2D eigenvalue weighted by Gasteiger charge is -2.19. The Morgan fingerprint density at radius 3 is 2.25 bits per heavy atom. The number of nitrogens with zero attached hydrogens (tertiary/aromatic N) is 1. The zero-order valence-electron chi connectivity index (χ0n) is 17.4. The second kappa shape index (κ2) is 9.39. The van der Waals surface area contributed by atoms with Crippen LogP contribution in [0.25, 0.3) is 0 Å². The molecule has 0 saturated carbocycles. The van der Waals surface area contributed by atoms with Crippen molar-refractivity contribution in [2.45, 2.75) is 76.2 Å². The highest BCUT2D eigenvalue weighted by Crippen LogP contribution is 2.34. The summed E-state index contributed by atoms with van der Waals surface area (Å²) >= 11 is 2.43. The van der Waals surface area contributed by atoms with Gasteiger partial charge in [-0.05, 0) is 42.4 Å². The topological polar surface area (TPSA) is 82.5 Å². The molecule has 0 unspecified atom stereocenters. The number of carbonyl (C=O) groups excluding carboxylic acids is 1. The van der Waals surface area contributed by atoms with Crippen LogP contribution >= 0.6 is 23.3 Å². The molecule has 0 fully saturated rings. The lowest BCUT2D eigenvalue weighted by molar-refractivity contribution is -0.118. The number of benzene rings is 1. The highest BCUT2D eigenvalue weighted by Gasteiger charge is 2.24. The molecule has 0 radical (unpaired) electrons. The van der Waals surface area contributed by atoms with Crippen molar-refractivity contribution in [3.8, 4) is 0 Å². The van der Waals surface area contributed by atoms with E-state index in [4.69, 9.17) is 0 Å². The number of aromatic nitrogens is 1. The summed E-state index contributed by atoms with van der Waals surface area (Å²) in [6.07, 6.45) is 0.306. The molecule has 1 aromatic heterocycles. The second-order valence-electron chi connectivity index (χ2n) is 8.00.